The van der Waals surface area contributed by atoms with Crippen LogP contribution in [-0.4, -0.2) is 68.6 Å². The molecule has 0 radical (unpaired) electrons. The number of amides is 2. The molecule has 2 aromatic heterocycles. The monoisotopic (exact) mass is 543 g/mol. The van der Waals surface area contributed by atoms with Gasteiger partial charge in [0.1, 0.15) is 11.7 Å². The van der Waals surface area contributed by atoms with Crippen LogP contribution in [0.5, 0.6) is 5.88 Å². The van der Waals surface area contributed by atoms with Crippen LogP contribution in [-0.2, 0) is 4.79 Å². The number of alkyl halides is 1. The molecule has 3 aromatic rings. The Bertz CT molecular complexity index is 1360. The summed E-state index contributed by atoms with van der Waals surface area (Å²) in [6.45, 7) is 4.41. The van der Waals surface area contributed by atoms with E-state index < -0.39 is 12.1 Å². The standard InChI is InChI=1S/C25H27Cl2N7O3/c1-12(2)20-18-19(32-34(20)17-11-30-25(28-3)31-23(17)37-4)24(36)33(16-9-15(27)10-29-22(16)35)21(18)13-5-7-14(26)8-6-13/h5-8,11-12,15-16,21H,9-10H2,1-4H3,(H,29,35)(H,28,30,31). The number of carbonyl (C=O) groups is 2. The number of hydrogen-bond donors (Lipinski definition) is 2. The molecule has 1 aromatic carbocycles. The summed E-state index contributed by atoms with van der Waals surface area (Å²) in [5.41, 5.74) is 3.12. The number of rotatable bonds is 6. The lowest BCUT2D eigenvalue weighted by atomic mass is 9.93. The van der Waals surface area contributed by atoms with Crippen LogP contribution in [0.15, 0.2) is 30.5 Å². The number of piperidine rings is 1. The highest BCUT2D eigenvalue weighted by atomic mass is 35.5. The molecule has 2 N–H and O–H groups in total. The number of hydrogen-bond acceptors (Lipinski definition) is 7. The third-order valence-corrected chi connectivity index (χ3v) is 7.26. The van der Waals surface area contributed by atoms with Gasteiger partial charge in [-0.15, -0.1) is 11.6 Å². The lowest BCUT2D eigenvalue weighted by molar-refractivity contribution is -0.127. The van der Waals surface area contributed by atoms with Crippen molar-refractivity contribution >= 4 is 41.0 Å². The number of benzene rings is 1. The summed E-state index contributed by atoms with van der Waals surface area (Å²) in [6.07, 6.45) is 1.95. The smallest absolute Gasteiger partial charge is 0.276 e. The van der Waals surface area contributed by atoms with Gasteiger partial charge in [-0.3, -0.25) is 9.59 Å². The molecule has 5 rings (SSSR count). The van der Waals surface area contributed by atoms with Gasteiger partial charge in [-0.1, -0.05) is 37.6 Å². The first-order valence-electron chi connectivity index (χ1n) is 12.0. The van der Waals surface area contributed by atoms with Crippen molar-refractivity contribution in [2.24, 2.45) is 0 Å². The molecular formula is C25H27Cl2N7O3. The Morgan fingerprint density at radius 1 is 1.22 bits per heavy atom. The Labute approximate surface area is 224 Å². The van der Waals surface area contributed by atoms with Crippen LogP contribution in [0.2, 0.25) is 5.02 Å². The highest BCUT2D eigenvalue weighted by Crippen LogP contribution is 2.45. The maximum absolute atomic E-state index is 14.0. The average Bonchev–Trinajstić information content (AvgIpc) is 3.40. The summed E-state index contributed by atoms with van der Waals surface area (Å²) in [5.74, 6) is 0.0887. The van der Waals surface area contributed by atoms with E-state index in [2.05, 4.69) is 20.6 Å². The minimum Gasteiger partial charge on any atom is -0.479 e. The number of aromatic nitrogens is 4. The van der Waals surface area contributed by atoms with Crippen molar-refractivity contribution in [3.63, 3.8) is 0 Å². The summed E-state index contributed by atoms with van der Waals surface area (Å²) >= 11 is 12.6. The van der Waals surface area contributed by atoms with Crippen LogP contribution in [0, 0.1) is 0 Å². The maximum Gasteiger partial charge on any atom is 0.276 e. The molecule has 2 aliphatic heterocycles. The molecule has 3 atom stereocenters. The van der Waals surface area contributed by atoms with Gasteiger partial charge in [-0.05, 0) is 30.0 Å². The van der Waals surface area contributed by atoms with Gasteiger partial charge in [-0.2, -0.15) is 10.1 Å². The summed E-state index contributed by atoms with van der Waals surface area (Å²) in [5, 5.41) is 10.8. The minimum atomic E-state index is -0.736. The van der Waals surface area contributed by atoms with Crippen molar-refractivity contribution < 1.29 is 14.3 Å². The molecule has 194 valence electrons. The van der Waals surface area contributed by atoms with Gasteiger partial charge in [0.15, 0.2) is 5.69 Å². The van der Waals surface area contributed by atoms with Crippen LogP contribution in [0.4, 0.5) is 5.95 Å². The molecule has 1 saturated heterocycles. The van der Waals surface area contributed by atoms with Crippen molar-refractivity contribution in [3.05, 3.63) is 58.0 Å². The SMILES string of the molecule is CNc1ncc(-n2nc3c(c2C(C)C)C(c2ccc(Cl)cc2)N(C2CC(Cl)CNC2=O)C3=O)c(OC)n1. The summed E-state index contributed by atoms with van der Waals surface area (Å²) in [4.78, 5) is 37.3. The number of carbonyl (C=O) groups excluding carboxylic acids is 2. The molecule has 2 amide bonds. The highest BCUT2D eigenvalue weighted by Gasteiger charge is 2.49. The zero-order chi connectivity index (χ0) is 26.4. The van der Waals surface area contributed by atoms with Gasteiger partial charge in [0, 0.05) is 24.2 Å². The van der Waals surface area contributed by atoms with E-state index in [1.807, 2.05) is 26.0 Å². The number of halogens is 2. The molecule has 0 spiro atoms. The molecule has 4 heterocycles. The minimum absolute atomic E-state index is 0.0477. The molecule has 12 heteroatoms. The van der Waals surface area contributed by atoms with Gasteiger partial charge in [-0.25, -0.2) is 9.67 Å². The highest BCUT2D eigenvalue weighted by molar-refractivity contribution is 6.30. The molecular weight excluding hydrogens is 517 g/mol. The molecule has 0 aliphatic carbocycles. The number of fused-ring (bicyclic) bond motifs is 1. The number of methoxy groups -OCH3 is 1. The molecule has 3 unspecified atom stereocenters. The fourth-order valence-corrected chi connectivity index (χ4v) is 5.43. The Hall–Kier alpha value is -3.37. The molecule has 2 aliphatic rings. The van der Waals surface area contributed by atoms with E-state index in [-0.39, 0.29) is 28.8 Å². The van der Waals surface area contributed by atoms with Crippen LogP contribution >= 0.6 is 23.2 Å². The van der Waals surface area contributed by atoms with Crippen molar-refractivity contribution in [2.45, 2.75) is 43.6 Å². The Balaban J connectivity index is 1.73. The lowest BCUT2D eigenvalue weighted by Crippen LogP contribution is -2.55. The summed E-state index contributed by atoms with van der Waals surface area (Å²) < 4.78 is 7.22. The van der Waals surface area contributed by atoms with Crippen molar-refractivity contribution in [2.75, 3.05) is 26.0 Å². The fraction of sp³-hybridized carbons (Fsp3) is 0.400. The molecule has 0 saturated carbocycles. The van der Waals surface area contributed by atoms with Crippen molar-refractivity contribution in [1.29, 1.82) is 0 Å². The van der Waals surface area contributed by atoms with Crippen LogP contribution in [0.1, 0.15) is 59.5 Å². The lowest BCUT2D eigenvalue weighted by Gasteiger charge is -2.37. The van der Waals surface area contributed by atoms with E-state index in [0.29, 0.717) is 35.5 Å². The number of nitrogens with zero attached hydrogens (tertiary/aromatic N) is 5. The van der Waals surface area contributed by atoms with E-state index >= 15 is 0 Å². The third-order valence-electron chi connectivity index (χ3n) is 6.68. The van der Waals surface area contributed by atoms with Gasteiger partial charge >= 0.3 is 0 Å². The molecule has 10 nitrogen and oxygen atoms in total. The first-order valence-corrected chi connectivity index (χ1v) is 12.8. The van der Waals surface area contributed by atoms with Crippen LogP contribution in [0.25, 0.3) is 5.69 Å². The number of nitrogens with one attached hydrogen (secondary N) is 2. The third kappa shape index (κ3) is 4.27. The predicted octanol–water partition coefficient (Wildman–Crippen LogP) is 3.53. The van der Waals surface area contributed by atoms with Crippen LogP contribution in [0.3, 0.4) is 0 Å². The van der Waals surface area contributed by atoms with E-state index in [9.17, 15) is 9.59 Å². The Morgan fingerprint density at radius 2 is 1.95 bits per heavy atom. The predicted molar refractivity (Wildman–Crippen MR) is 140 cm³/mol. The van der Waals surface area contributed by atoms with Crippen molar-refractivity contribution in [1.82, 2.24) is 30.0 Å². The molecule has 0 bridgehead atoms. The van der Waals surface area contributed by atoms with Gasteiger partial charge < -0.3 is 20.3 Å². The van der Waals surface area contributed by atoms with Gasteiger partial charge in [0.25, 0.3) is 5.91 Å². The number of anilines is 1. The van der Waals surface area contributed by atoms with E-state index in [4.69, 9.17) is 33.0 Å². The first kappa shape index (κ1) is 25.3. The fourth-order valence-electron chi connectivity index (χ4n) is 5.06. The second kappa shape index (κ2) is 9.83. The first-order chi connectivity index (χ1) is 17.7. The molecule has 37 heavy (non-hydrogen) atoms. The quantitative estimate of drug-likeness (QED) is 0.457. The second-order valence-corrected chi connectivity index (χ2v) is 10.4. The average molecular weight is 544 g/mol. The van der Waals surface area contributed by atoms with Gasteiger partial charge in [0.2, 0.25) is 17.7 Å². The zero-order valence-corrected chi connectivity index (χ0v) is 22.3. The molecule has 1 fully saturated rings. The summed E-state index contributed by atoms with van der Waals surface area (Å²) in [6, 6.07) is 5.99. The van der Waals surface area contributed by atoms with E-state index in [1.165, 1.54) is 7.11 Å². The second-order valence-electron chi connectivity index (χ2n) is 9.31. The topological polar surface area (TPSA) is 114 Å². The van der Waals surface area contributed by atoms with Crippen LogP contribution < -0.4 is 15.4 Å². The number of ether oxygens (including phenoxy) is 1. The van der Waals surface area contributed by atoms with E-state index in [1.54, 1.807) is 35.0 Å². The maximum atomic E-state index is 14.0. The Kier molecular flexibility index (Phi) is 6.72. The zero-order valence-electron chi connectivity index (χ0n) is 20.8. The van der Waals surface area contributed by atoms with Crippen molar-refractivity contribution in [3.8, 4) is 11.6 Å². The summed E-state index contributed by atoms with van der Waals surface area (Å²) in [7, 11) is 3.23. The van der Waals surface area contributed by atoms with E-state index in [0.717, 1.165) is 16.8 Å². The Morgan fingerprint density at radius 3 is 2.59 bits per heavy atom. The largest absolute Gasteiger partial charge is 0.479 e. The van der Waals surface area contributed by atoms with Gasteiger partial charge in [0.05, 0.1) is 30.4 Å². The normalized spacial score (nSPS) is 21.3.